The van der Waals surface area contributed by atoms with Crippen molar-refractivity contribution in [1.29, 1.82) is 0 Å². The first kappa shape index (κ1) is 9.80. The Kier molecular flexibility index (Phi) is 2.93. The maximum absolute atomic E-state index is 10.6. The van der Waals surface area contributed by atoms with Gasteiger partial charge in [-0.05, 0) is 26.2 Å². The van der Waals surface area contributed by atoms with Crippen molar-refractivity contribution < 1.29 is 9.53 Å². The van der Waals surface area contributed by atoms with Crippen LogP contribution in [0.4, 0.5) is 0 Å². The van der Waals surface area contributed by atoms with Gasteiger partial charge in [-0.1, -0.05) is 0 Å². The van der Waals surface area contributed by atoms with Crippen molar-refractivity contribution in [3.63, 3.8) is 0 Å². The molecule has 1 aromatic rings. The molecular formula is C10H13NO2S. The molecule has 2 rings (SSSR count). The van der Waals surface area contributed by atoms with Crippen molar-refractivity contribution >= 4 is 17.6 Å². The number of aldehydes is 1. The van der Waals surface area contributed by atoms with Crippen molar-refractivity contribution in [3.8, 4) is 0 Å². The van der Waals surface area contributed by atoms with Crippen molar-refractivity contribution in [2.24, 2.45) is 0 Å². The van der Waals surface area contributed by atoms with Gasteiger partial charge in [0.15, 0.2) is 0 Å². The van der Waals surface area contributed by atoms with E-state index in [2.05, 4.69) is 4.98 Å². The van der Waals surface area contributed by atoms with E-state index in [1.54, 1.807) is 11.3 Å². The summed E-state index contributed by atoms with van der Waals surface area (Å²) < 4.78 is 5.61. The van der Waals surface area contributed by atoms with Gasteiger partial charge in [-0.15, -0.1) is 11.3 Å². The Morgan fingerprint density at radius 1 is 1.64 bits per heavy atom. The number of carbonyl (C=O) groups is 1. The van der Waals surface area contributed by atoms with Crippen LogP contribution in [0.2, 0.25) is 0 Å². The van der Waals surface area contributed by atoms with Crippen molar-refractivity contribution in [2.45, 2.75) is 38.4 Å². The first-order chi connectivity index (χ1) is 6.79. The van der Waals surface area contributed by atoms with E-state index in [4.69, 9.17) is 4.74 Å². The second-order valence-electron chi connectivity index (χ2n) is 3.52. The molecule has 0 spiro atoms. The molecule has 1 aromatic heterocycles. The third kappa shape index (κ3) is 2.01. The topological polar surface area (TPSA) is 39.2 Å². The standard InChI is InChI=1S/C10H13NO2S/c1-7-11-9(6-14-7)10-4-2-3-8(5-12)13-10/h5-6,8,10H,2-4H2,1H3. The molecule has 2 unspecified atom stereocenters. The van der Waals surface area contributed by atoms with E-state index < -0.39 is 0 Å². The van der Waals surface area contributed by atoms with Gasteiger partial charge >= 0.3 is 0 Å². The fourth-order valence-corrected chi connectivity index (χ4v) is 2.35. The lowest BCUT2D eigenvalue weighted by molar-refractivity contribution is -0.127. The van der Waals surface area contributed by atoms with E-state index in [-0.39, 0.29) is 12.2 Å². The lowest BCUT2D eigenvalue weighted by Gasteiger charge is -2.25. The van der Waals surface area contributed by atoms with Crippen molar-refractivity contribution in [1.82, 2.24) is 4.98 Å². The first-order valence-electron chi connectivity index (χ1n) is 4.82. The van der Waals surface area contributed by atoms with Gasteiger partial charge < -0.3 is 9.53 Å². The number of rotatable bonds is 2. The lowest BCUT2D eigenvalue weighted by Crippen LogP contribution is -2.23. The van der Waals surface area contributed by atoms with E-state index >= 15 is 0 Å². The van der Waals surface area contributed by atoms with Crippen LogP contribution in [0.5, 0.6) is 0 Å². The van der Waals surface area contributed by atoms with Crippen LogP contribution in [0, 0.1) is 6.92 Å². The molecule has 1 fully saturated rings. The number of thiazole rings is 1. The molecule has 2 atom stereocenters. The number of aryl methyl sites for hydroxylation is 1. The molecule has 76 valence electrons. The van der Waals surface area contributed by atoms with Crippen LogP contribution in [0.3, 0.4) is 0 Å². The quantitative estimate of drug-likeness (QED) is 0.704. The SMILES string of the molecule is Cc1nc(C2CCCC(C=O)O2)cs1. The van der Waals surface area contributed by atoms with Crippen LogP contribution in [0.15, 0.2) is 5.38 Å². The number of aromatic nitrogens is 1. The summed E-state index contributed by atoms with van der Waals surface area (Å²) in [6, 6.07) is 0. The lowest BCUT2D eigenvalue weighted by atomic mass is 10.0. The van der Waals surface area contributed by atoms with Gasteiger partial charge in [0.05, 0.1) is 10.7 Å². The third-order valence-corrected chi connectivity index (χ3v) is 3.20. The van der Waals surface area contributed by atoms with E-state index in [0.29, 0.717) is 0 Å². The highest BCUT2D eigenvalue weighted by Gasteiger charge is 2.24. The largest absolute Gasteiger partial charge is 0.361 e. The van der Waals surface area contributed by atoms with Crippen molar-refractivity contribution in [2.75, 3.05) is 0 Å². The molecule has 1 aliphatic rings. The van der Waals surface area contributed by atoms with Crippen LogP contribution in [0.1, 0.15) is 36.1 Å². The average molecular weight is 211 g/mol. The van der Waals surface area contributed by atoms with Crippen LogP contribution >= 0.6 is 11.3 Å². The molecule has 0 saturated carbocycles. The Morgan fingerprint density at radius 3 is 3.14 bits per heavy atom. The van der Waals surface area contributed by atoms with Gasteiger partial charge in [-0.25, -0.2) is 4.98 Å². The molecule has 1 saturated heterocycles. The Balaban J connectivity index is 2.07. The summed E-state index contributed by atoms with van der Waals surface area (Å²) in [5.41, 5.74) is 0.985. The van der Waals surface area contributed by atoms with E-state index in [1.165, 1.54) is 0 Å². The van der Waals surface area contributed by atoms with Gasteiger partial charge in [0, 0.05) is 5.38 Å². The summed E-state index contributed by atoms with van der Waals surface area (Å²) in [5.74, 6) is 0. The second-order valence-corrected chi connectivity index (χ2v) is 4.58. The summed E-state index contributed by atoms with van der Waals surface area (Å²) in [6.45, 7) is 1.98. The smallest absolute Gasteiger partial charge is 0.148 e. The van der Waals surface area contributed by atoms with E-state index in [1.807, 2.05) is 12.3 Å². The van der Waals surface area contributed by atoms with Gasteiger partial charge in [0.2, 0.25) is 0 Å². The number of ether oxygens (including phenoxy) is 1. The minimum atomic E-state index is -0.226. The van der Waals surface area contributed by atoms with Gasteiger partial charge in [-0.2, -0.15) is 0 Å². The number of carbonyl (C=O) groups excluding carboxylic acids is 1. The number of hydrogen-bond donors (Lipinski definition) is 0. The Morgan fingerprint density at radius 2 is 2.50 bits per heavy atom. The molecule has 4 heteroatoms. The molecule has 0 radical (unpaired) electrons. The van der Waals surface area contributed by atoms with Crippen molar-refractivity contribution in [3.05, 3.63) is 16.1 Å². The fourth-order valence-electron chi connectivity index (χ4n) is 1.70. The molecule has 3 nitrogen and oxygen atoms in total. The summed E-state index contributed by atoms with van der Waals surface area (Å²) in [7, 11) is 0. The zero-order chi connectivity index (χ0) is 9.97. The summed E-state index contributed by atoms with van der Waals surface area (Å²) >= 11 is 1.63. The molecule has 0 aromatic carbocycles. The molecule has 2 heterocycles. The predicted octanol–water partition coefficient (Wildman–Crippen LogP) is 2.26. The van der Waals surface area contributed by atoms with Gasteiger partial charge in [-0.3, -0.25) is 0 Å². The highest BCUT2D eigenvalue weighted by molar-refractivity contribution is 7.09. The highest BCUT2D eigenvalue weighted by atomic mass is 32.1. The minimum Gasteiger partial charge on any atom is -0.361 e. The summed E-state index contributed by atoms with van der Waals surface area (Å²) in [5, 5.41) is 3.07. The zero-order valence-electron chi connectivity index (χ0n) is 8.10. The Labute approximate surface area is 87.1 Å². The average Bonchev–Trinajstić information content (AvgIpc) is 2.65. The first-order valence-corrected chi connectivity index (χ1v) is 5.70. The normalized spacial score (nSPS) is 27.5. The molecule has 0 bridgehead atoms. The summed E-state index contributed by atoms with van der Waals surface area (Å²) in [4.78, 5) is 15.0. The van der Waals surface area contributed by atoms with E-state index in [0.717, 1.165) is 36.3 Å². The molecule has 0 N–H and O–H groups in total. The molecule has 0 aliphatic carbocycles. The third-order valence-electron chi connectivity index (χ3n) is 2.41. The van der Waals surface area contributed by atoms with Crippen LogP contribution < -0.4 is 0 Å². The van der Waals surface area contributed by atoms with E-state index in [9.17, 15) is 4.79 Å². The summed E-state index contributed by atoms with van der Waals surface area (Å²) in [6.07, 6.45) is 3.58. The fraction of sp³-hybridized carbons (Fsp3) is 0.600. The Hall–Kier alpha value is -0.740. The molecule has 14 heavy (non-hydrogen) atoms. The molecule has 0 amide bonds. The predicted molar refractivity (Wildman–Crippen MR) is 54.4 cm³/mol. The Bertz CT molecular complexity index is 324. The van der Waals surface area contributed by atoms with Gasteiger partial charge in [0.25, 0.3) is 0 Å². The number of hydrogen-bond acceptors (Lipinski definition) is 4. The van der Waals surface area contributed by atoms with Gasteiger partial charge in [0.1, 0.15) is 18.5 Å². The maximum atomic E-state index is 10.6. The van der Waals surface area contributed by atoms with Crippen LogP contribution in [0.25, 0.3) is 0 Å². The maximum Gasteiger partial charge on any atom is 0.148 e. The zero-order valence-corrected chi connectivity index (χ0v) is 8.92. The molecular weight excluding hydrogens is 198 g/mol. The minimum absolute atomic E-state index is 0.0314. The number of nitrogens with zero attached hydrogens (tertiary/aromatic N) is 1. The highest BCUT2D eigenvalue weighted by Crippen LogP contribution is 2.30. The monoisotopic (exact) mass is 211 g/mol. The van der Waals surface area contributed by atoms with Crippen LogP contribution in [-0.4, -0.2) is 17.4 Å². The second kappa shape index (κ2) is 4.19. The molecule has 1 aliphatic heterocycles. The van der Waals surface area contributed by atoms with Crippen LogP contribution in [-0.2, 0) is 9.53 Å².